The summed E-state index contributed by atoms with van der Waals surface area (Å²) >= 11 is 6.19. The van der Waals surface area contributed by atoms with Crippen molar-refractivity contribution < 1.29 is 9.59 Å². The molecule has 1 fully saturated rings. The third-order valence-corrected chi connectivity index (χ3v) is 7.01. The lowest BCUT2D eigenvalue weighted by molar-refractivity contribution is -0.139. The molecule has 0 radical (unpaired) electrons. The number of hydrogen-bond donors (Lipinski definition) is 1. The van der Waals surface area contributed by atoms with E-state index in [0.717, 1.165) is 43.5 Å². The molecule has 0 aliphatic carbocycles. The van der Waals surface area contributed by atoms with Gasteiger partial charge in [-0.15, -0.1) is 0 Å². The molecule has 0 bridgehead atoms. The van der Waals surface area contributed by atoms with E-state index in [1.54, 1.807) is 0 Å². The first kappa shape index (κ1) is 21.8. The van der Waals surface area contributed by atoms with Gasteiger partial charge in [0.1, 0.15) is 6.04 Å². The number of piperidine rings is 1. The molecular formula is C25H30ClN3O2. The quantitative estimate of drug-likeness (QED) is 0.765. The van der Waals surface area contributed by atoms with Gasteiger partial charge in [-0.25, -0.2) is 0 Å². The number of benzene rings is 2. The molecule has 0 saturated carbocycles. The standard InChI is InChI=1S/C25H30ClN3O2/c1-17-10-13-28(14-11-17)25(31)24-20-7-4-3-6-19(20)12-15-29(24)16-23(30)27-22-9-5-8-21(26)18(22)2/h3-9,17,24H,10-16H2,1-2H3,(H,27,30). The van der Waals surface area contributed by atoms with Gasteiger partial charge in [-0.1, -0.05) is 48.9 Å². The Morgan fingerprint density at radius 2 is 1.81 bits per heavy atom. The number of anilines is 1. The van der Waals surface area contributed by atoms with E-state index in [4.69, 9.17) is 11.6 Å². The van der Waals surface area contributed by atoms with Gasteiger partial charge < -0.3 is 10.2 Å². The van der Waals surface area contributed by atoms with E-state index in [1.807, 2.05) is 53.1 Å². The molecule has 2 aromatic rings. The van der Waals surface area contributed by atoms with Gasteiger partial charge in [0.25, 0.3) is 0 Å². The van der Waals surface area contributed by atoms with E-state index in [0.29, 0.717) is 23.2 Å². The van der Waals surface area contributed by atoms with Crippen molar-refractivity contribution in [1.82, 2.24) is 9.80 Å². The van der Waals surface area contributed by atoms with Crippen molar-refractivity contribution in [3.63, 3.8) is 0 Å². The van der Waals surface area contributed by atoms with Crippen molar-refractivity contribution in [2.24, 2.45) is 5.92 Å². The van der Waals surface area contributed by atoms with E-state index in [2.05, 4.69) is 18.3 Å². The second kappa shape index (κ2) is 9.41. The summed E-state index contributed by atoms with van der Waals surface area (Å²) in [6.45, 7) is 6.56. The van der Waals surface area contributed by atoms with Crippen molar-refractivity contribution in [2.75, 3.05) is 31.5 Å². The van der Waals surface area contributed by atoms with E-state index in [9.17, 15) is 9.59 Å². The van der Waals surface area contributed by atoms with E-state index < -0.39 is 6.04 Å². The van der Waals surface area contributed by atoms with Crippen LogP contribution in [0.1, 0.15) is 42.5 Å². The first-order valence-electron chi connectivity index (χ1n) is 11.1. The maximum absolute atomic E-state index is 13.6. The second-order valence-electron chi connectivity index (χ2n) is 8.79. The minimum absolute atomic E-state index is 0.116. The summed E-state index contributed by atoms with van der Waals surface area (Å²) < 4.78 is 0. The molecule has 2 heterocycles. The van der Waals surface area contributed by atoms with Gasteiger partial charge in [-0.05, 0) is 60.9 Å². The molecule has 0 spiro atoms. The monoisotopic (exact) mass is 439 g/mol. The summed E-state index contributed by atoms with van der Waals surface area (Å²) in [6, 6.07) is 13.2. The number of amides is 2. The summed E-state index contributed by atoms with van der Waals surface area (Å²) in [5.74, 6) is 0.645. The zero-order valence-corrected chi connectivity index (χ0v) is 19.0. The van der Waals surface area contributed by atoms with Gasteiger partial charge in [0.05, 0.1) is 6.54 Å². The molecule has 2 aromatic carbocycles. The predicted octanol–water partition coefficient (Wildman–Crippen LogP) is 4.44. The molecule has 1 saturated heterocycles. The predicted molar refractivity (Wildman–Crippen MR) is 124 cm³/mol. The minimum atomic E-state index is -0.412. The number of hydrogen-bond acceptors (Lipinski definition) is 3. The highest BCUT2D eigenvalue weighted by Crippen LogP contribution is 2.32. The topological polar surface area (TPSA) is 52.7 Å². The van der Waals surface area contributed by atoms with Crippen molar-refractivity contribution >= 4 is 29.1 Å². The molecular weight excluding hydrogens is 410 g/mol. The second-order valence-corrected chi connectivity index (χ2v) is 9.20. The summed E-state index contributed by atoms with van der Waals surface area (Å²) in [5.41, 5.74) is 3.79. The van der Waals surface area contributed by atoms with Crippen LogP contribution in [0.15, 0.2) is 42.5 Å². The Balaban J connectivity index is 1.54. The molecule has 5 nitrogen and oxygen atoms in total. The SMILES string of the molecule is Cc1c(Cl)cccc1NC(=O)CN1CCc2ccccc2C1C(=O)N1CCC(C)CC1. The summed E-state index contributed by atoms with van der Waals surface area (Å²) in [6.07, 6.45) is 2.91. The number of rotatable bonds is 4. The molecule has 31 heavy (non-hydrogen) atoms. The Hall–Kier alpha value is -2.37. The highest BCUT2D eigenvalue weighted by atomic mass is 35.5. The molecule has 1 unspecified atom stereocenters. The Labute approximate surface area is 189 Å². The normalized spacial score (nSPS) is 19.7. The minimum Gasteiger partial charge on any atom is -0.341 e. The largest absolute Gasteiger partial charge is 0.341 e. The molecule has 2 aliphatic rings. The average Bonchev–Trinajstić information content (AvgIpc) is 2.77. The smallest absolute Gasteiger partial charge is 0.244 e. The molecule has 2 amide bonds. The summed E-state index contributed by atoms with van der Waals surface area (Å²) in [4.78, 5) is 30.5. The van der Waals surface area contributed by atoms with E-state index >= 15 is 0 Å². The fraction of sp³-hybridized carbons (Fsp3) is 0.440. The number of likely N-dealkylation sites (tertiary alicyclic amines) is 1. The van der Waals surface area contributed by atoms with Crippen LogP contribution in [-0.4, -0.2) is 47.8 Å². The van der Waals surface area contributed by atoms with Crippen molar-refractivity contribution in [1.29, 1.82) is 0 Å². The van der Waals surface area contributed by atoms with E-state index in [-0.39, 0.29) is 18.4 Å². The average molecular weight is 440 g/mol. The lowest BCUT2D eigenvalue weighted by atomic mass is 9.90. The zero-order valence-electron chi connectivity index (χ0n) is 18.2. The van der Waals surface area contributed by atoms with Crippen LogP contribution in [0.5, 0.6) is 0 Å². The maximum atomic E-state index is 13.6. The van der Waals surface area contributed by atoms with Crippen LogP contribution in [-0.2, 0) is 16.0 Å². The van der Waals surface area contributed by atoms with Crippen molar-refractivity contribution in [2.45, 2.75) is 39.2 Å². The van der Waals surface area contributed by atoms with Gasteiger partial charge in [-0.2, -0.15) is 0 Å². The first-order chi connectivity index (χ1) is 14.9. The maximum Gasteiger partial charge on any atom is 0.244 e. The zero-order chi connectivity index (χ0) is 22.0. The van der Waals surface area contributed by atoms with Crippen LogP contribution >= 0.6 is 11.6 Å². The molecule has 6 heteroatoms. The van der Waals surface area contributed by atoms with Crippen LogP contribution in [0.4, 0.5) is 5.69 Å². The number of carbonyl (C=O) groups excluding carboxylic acids is 2. The van der Waals surface area contributed by atoms with Gasteiger partial charge in [-0.3, -0.25) is 14.5 Å². The Bertz CT molecular complexity index is 969. The molecule has 4 rings (SSSR count). The number of nitrogens with one attached hydrogen (secondary N) is 1. The number of halogens is 1. The molecule has 2 aliphatic heterocycles. The van der Waals surface area contributed by atoms with Crippen LogP contribution in [0.25, 0.3) is 0 Å². The molecule has 1 atom stereocenters. The molecule has 164 valence electrons. The van der Waals surface area contributed by atoms with Gasteiger partial charge >= 0.3 is 0 Å². The van der Waals surface area contributed by atoms with Crippen LogP contribution < -0.4 is 5.32 Å². The van der Waals surface area contributed by atoms with Gasteiger partial charge in [0.2, 0.25) is 11.8 Å². The van der Waals surface area contributed by atoms with Crippen molar-refractivity contribution in [3.8, 4) is 0 Å². The lowest BCUT2D eigenvalue weighted by Crippen LogP contribution is -2.50. The van der Waals surface area contributed by atoms with E-state index in [1.165, 1.54) is 5.56 Å². The Kier molecular flexibility index (Phi) is 6.63. The lowest BCUT2D eigenvalue weighted by Gasteiger charge is -2.40. The van der Waals surface area contributed by atoms with Crippen LogP contribution in [0.2, 0.25) is 5.02 Å². The number of nitrogens with zero attached hydrogens (tertiary/aromatic N) is 2. The molecule has 1 N–H and O–H groups in total. The Morgan fingerprint density at radius 1 is 1.06 bits per heavy atom. The Morgan fingerprint density at radius 3 is 2.58 bits per heavy atom. The third-order valence-electron chi connectivity index (χ3n) is 6.60. The van der Waals surface area contributed by atoms with Crippen LogP contribution in [0, 0.1) is 12.8 Å². The third kappa shape index (κ3) is 4.78. The fourth-order valence-corrected chi connectivity index (χ4v) is 4.77. The first-order valence-corrected chi connectivity index (χ1v) is 11.5. The van der Waals surface area contributed by atoms with Crippen LogP contribution in [0.3, 0.4) is 0 Å². The fourth-order valence-electron chi connectivity index (χ4n) is 4.60. The number of fused-ring (bicyclic) bond motifs is 1. The highest BCUT2D eigenvalue weighted by molar-refractivity contribution is 6.31. The summed E-state index contributed by atoms with van der Waals surface area (Å²) in [7, 11) is 0. The highest BCUT2D eigenvalue weighted by Gasteiger charge is 2.37. The molecule has 0 aromatic heterocycles. The van der Waals surface area contributed by atoms with Gasteiger partial charge in [0.15, 0.2) is 0 Å². The van der Waals surface area contributed by atoms with Gasteiger partial charge in [0, 0.05) is 30.3 Å². The summed E-state index contributed by atoms with van der Waals surface area (Å²) in [5, 5.41) is 3.60. The van der Waals surface area contributed by atoms with Crippen molar-refractivity contribution in [3.05, 3.63) is 64.2 Å². The number of carbonyl (C=O) groups is 2.